The van der Waals surface area contributed by atoms with Gasteiger partial charge in [-0.2, -0.15) is 0 Å². The summed E-state index contributed by atoms with van der Waals surface area (Å²) >= 11 is 4.71. The number of hydrogen-bond acceptors (Lipinski definition) is 0. The quantitative estimate of drug-likeness (QED) is 0.112. The molecule has 1 aliphatic carbocycles. The first-order valence-corrected chi connectivity index (χ1v) is 18.3. The fraction of sp³-hybridized carbons (Fsp3) is 0.167. The van der Waals surface area contributed by atoms with Crippen molar-refractivity contribution in [1.29, 1.82) is 0 Å². The van der Waals surface area contributed by atoms with E-state index >= 15 is 0 Å². The van der Waals surface area contributed by atoms with Gasteiger partial charge >= 0.3 is 0 Å². The summed E-state index contributed by atoms with van der Waals surface area (Å²) < 4.78 is -0.311. The summed E-state index contributed by atoms with van der Waals surface area (Å²) in [7, 11) is 0. The molecule has 2 unspecified atom stereocenters. The van der Waals surface area contributed by atoms with Crippen LogP contribution in [0.3, 0.4) is 0 Å². The highest BCUT2D eigenvalue weighted by molar-refractivity contribution is 9.10. The van der Waals surface area contributed by atoms with Crippen molar-refractivity contribution in [2.75, 3.05) is 0 Å². The third-order valence-corrected chi connectivity index (χ3v) is 11.4. The summed E-state index contributed by atoms with van der Waals surface area (Å²) in [5.74, 6) is 0.229. The first kappa shape index (κ1) is 32.8. The predicted octanol–water partition coefficient (Wildman–Crippen LogP) is 11.8. The zero-order chi connectivity index (χ0) is 33.3. The zero-order valence-electron chi connectivity index (χ0n) is 28.0. The van der Waals surface area contributed by atoms with Crippen molar-refractivity contribution in [1.82, 2.24) is 0 Å². The number of hydrogen-bond donors (Lipinski definition) is 0. The Morgan fingerprint density at radius 2 is 0.714 bits per heavy atom. The molecule has 0 radical (unpaired) electrons. The molecule has 49 heavy (non-hydrogen) atoms. The molecule has 0 fully saturated rings. The van der Waals surface area contributed by atoms with Crippen molar-refractivity contribution in [2.45, 2.75) is 42.8 Å². The molecule has 2 atom stereocenters. The topological polar surface area (TPSA) is 0 Å². The molecule has 6 aromatic carbocycles. The number of benzene rings is 6. The van der Waals surface area contributed by atoms with Crippen LogP contribution in [0.15, 0.2) is 204 Å². The molecular formula is C48H43Br. The van der Waals surface area contributed by atoms with Gasteiger partial charge < -0.3 is 0 Å². The molecule has 0 aromatic heterocycles. The molecular weight excluding hydrogens is 656 g/mol. The van der Waals surface area contributed by atoms with Crippen molar-refractivity contribution in [3.8, 4) is 0 Å². The molecule has 0 nitrogen and oxygen atoms in total. The Kier molecular flexibility index (Phi) is 10.5. The summed E-state index contributed by atoms with van der Waals surface area (Å²) in [6.45, 7) is 0. The van der Waals surface area contributed by atoms with Crippen molar-refractivity contribution < 1.29 is 0 Å². The van der Waals surface area contributed by atoms with Gasteiger partial charge in [-0.25, -0.2) is 0 Å². The third kappa shape index (κ3) is 7.96. The highest BCUT2D eigenvalue weighted by Crippen LogP contribution is 2.53. The maximum absolute atomic E-state index is 4.71. The number of alkyl halides is 1. The number of allylic oxidation sites excluding steroid dienone is 4. The van der Waals surface area contributed by atoms with E-state index in [0.717, 1.165) is 38.5 Å². The van der Waals surface area contributed by atoms with Gasteiger partial charge in [-0.15, -0.1) is 0 Å². The monoisotopic (exact) mass is 698 g/mol. The molecule has 0 amide bonds. The summed E-state index contributed by atoms with van der Waals surface area (Å²) in [5, 5.41) is 0. The van der Waals surface area contributed by atoms with Crippen LogP contribution in [0.25, 0.3) is 0 Å². The Hall–Kier alpha value is -4.72. The Balaban J connectivity index is 1.53. The maximum Gasteiger partial charge on any atom is 0.0583 e. The van der Waals surface area contributed by atoms with E-state index in [9.17, 15) is 0 Å². The van der Waals surface area contributed by atoms with E-state index in [0.29, 0.717) is 0 Å². The van der Waals surface area contributed by atoms with Gasteiger partial charge in [-0.3, -0.25) is 0 Å². The van der Waals surface area contributed by atoms with E-state index in [1.165, 1.54) is 50.1 Å². The lowest BCUT2D eigenvalue weighted by atomic mass is 9.63. The van der Waals surface area contributed by atoms with Gasteiger partial charge in [-0.1, -0.05) is 203 Å². The van der Waals surface area contributed by atoms with Crippen LogP contribution in [0.5, 0.6) is 0 Å². The first-order chi connectivity index (χ1) is 24.2. The summed E-state index contributed by atoms with van der Waals surface area (Å²) in [6, 6.07) is 66.7. The van der Waals surface area contributed by atoms with Crippen LogP contribution in [0.1, 0.15) is 33.4 Å². The van der Waals surface area contributed by atoms with Gasteiger partial charge in [0.2, 0.25) is 0 Å². The molecule has 242 valence electrons. The lowest BCUT2D eigenvalue weighted by molar-refractivity contribution is 0.445. The highest BCUT2D eigenvalue weighted by atomic mass is 79.9. The van der Waals surface area contributed by atoms with Crippen molar-refractivity contribution >= 4 is 15.9 Å². The van der Waals surface area contributed by atoms with Crippen LogP contribution in [0.2, 0.25) is 0 Å². The second-order valence-electron chi connectivity index (χ2n) is 13.4. The summed E-state index contributed by atoms with van der Waals surface area (Å²) in [6.07, 6.45) is 5.47. The molecule has 0 saturated heterocycles. The fourth-order valence-electron chi connectivity index (χ4n) is 7.71. The first-order valence-electron chi connectivity index (χ1n) is 17.5. The molecule has 0 spiro atoms. The predicted molar refractivity (Wildman–Crippen MR) is 210 cm³/mol. The van der Waals surface area contributed by atoms with Crippen LogP contribution in [0, 0.1) is 5.92 Å². The Bertz CT molecular complexity index is 1980. The van der Waals surface area contributed by atoms with Crippen LogP contribution in [-0.4, -0.2) is 4.32 Å². The second kappa shape index (κ2) is 15.7. The summed E-state index contributed by atoms with van der Waals surface area (Å²) in [4.78, 5) is 0. The molecule has 6 aromatic rings. The average Bonchev–Trinajstić information content (AvgIpc) is 3.16. The molecule has 1 aliphatic rings. The molecule has 0 aliphatic heterocycles. The fourth-order valence-corrected chi connectivity index (χ4v) is 8.86. The number of rotatable bonds is 12. The van der Waals surface area contributed by atoms with Crippen molar-refractivity contribution in [3.63, 3.8) is 0 Å². The minimum atomic E-state index is -0.311. The zero-order valence-corrected chi connectivity index (χ0v) is 29.6. The van der Waals surface area contributed by atoms with Gasteiger partial charge in [0.1, 0.15) is 0 Å². The Morgan fingerprint density at radius 3 is 1.16 bits per heavy atom. The average molecular weight is 700 g/mol. The second-order valence-corrected chi connectivity index (χ2v) is 14.8. The maximum atomic E-state index is 4.71. The van der Waals surface area contributed by atoms with E-state index in [2.05, 4.69) is 182 Å². The number of halogens is 1. The SMILES string of the molecule is BrC1(Cc2ccccc2)C(Cc2ccccc2)=C(Cc2ccccc2)C(Cc2ccccc2)=C(Cc2ccccc2)C1Cc1ccccc1. The lowest BCUT2D eigenvalue weighted by Gasteiger charge is -2.47. The van der Waals surface area contributed by atoms with E-state index < -0.39 is 0 Å². The van der Waals surface area contributed by atoms with Crippen molar-refractivity contribution in [2.24, 2.45) is 5.92 Å². The van der Waals surface area contributed by atoms with Gasteiger partial charge in [0.15, 0.2) is 0 Å². The molecule has 1 heteroatoms. The molecule has 0 saturated carbocycles. The minimum Gasteiger partial charge on any atom is -0.0794 e. The largest absolute Gasteiger partial charge is 0.0794 e. The van der Waals surface area contributed by atoms with Crippen molar-refractivity contribution in [3.05, 3.63) is 238 Å². The van der Waals surface area contributed by atoms with E-state index in [1.807, 2.05) is 0 Å². The van der Waals surface area contributed by atoms with Crippen LogP contribution in [-0.2, 0) is 38.5 Å². The molecule has 0 N–H and O–H groups in total. The lowest BCUT2D eigenvalue weighted by Crippen LogP contribution is -2.44. The van der Waals surface area contributed by atoms with Gasteiger partial charge in [-0.05, 0) is 88.6 Å². The molecule has 0 bridgehead atoms. The van der Waals surface area contributed by atoms with E-state index in [1.54, 1.807) is 5.57 Å². The standard InChI is InChI=1S/C48H43Br/c49-48(36-42-29-17-6-18-30-42)46(34-40-25-13-4-14-26-40)44(32-38-21-9-2-10-22-38)43(31-37-19-7-1-8-20-37)45(33-39-23-11-3-12-24-39)47(48)35-41-27-15-5-16-28-41/h1-30,46H,31-36H2. The third-order valence-electron chi connectivity index (χ3n) is 10.1. The molecule has 0 heterocycles. The summed E-state index contributed by atoms with van der Waals surface area (Å²) in [5.41, 5.74) is 14.2. The Labute approximate surface area is 301 Å². The van der Waals surface area contributed by atoms with Gasteiger partial charge in [0.05, 0.1) is 4.32 Å². The normalized spacial score (nSPS) is 17.7. The highest BCUT2D eigenvalue weighted by Gasteiger charge is 2.47. The van der Waals surface area contributed by atoms with E-state index in [4.69, 9.17) is 15.9 Å². The smallest absolute Gasteiger partial charge is 0.0583 e. The van der Waals surface area contributed by atoms with Gasteiger partial charge in [0, 0.05) is 5.92 Å². The minimum absolute atomic E-state index is 0.229. The van der Waals surface area contributed by atoms with Crippen LogP contribution in [0.4, 0.5) is 0 Å². The van der Waals surface area contributed by atoms with Crippen LogP contribution < -0.4 is 0 Å². The van der Waals surface area contributed by atoms with E-state index in [-0.39, 0.29) is 10.2 Å². The Morgan fingerprint density at radius 1 is 0.367 bits per heavy atom. The van der Waals surface area contributed by atoms with Crippen LogP contribution >= 0.6 is 15.9 Å². The molecule has 7 rings (SSSR count). The van der Waals surface area contributed by atoms with Gasteiger partial charge in [0.25, 0.3) is 0 Å².